The van der Waals surface area contributed by atoms with Crippen LogP contribution in [0.4, 0.5) is 17.2 Å². The Morgan fingerprint density at radius 1 is 0.960 bits per heavy atom. The van der Waals surface area contributed by atoms with Crippen molar-refractivity contribution in [3.8, 4) is 0 Å². The van der Waals surface area contributed by atoms with Gasteiger partial charge in [0, 0.05) is 16.3 Å². The van der Waals surface area contributed by atoms with E-state index in [2.05, 4.69) is 15.6 Å². The fourth-order valence-corrected chi connectivity index (χ4v) is 2.53. The van der Waals surface area contributed by atoms with Crippen molar-refractivity contribution >= 4 is 34.7 Å². The molecule has 2 N–H and O–H groups in total. The van der Waals surface area contributed by atoms with Crippen LogP contribution in [0.1, 0.15) is 21.5 Å². The van der Waals surface area contributed by atoms with Gasteiger partial charge in [-0.2, -0.15) is 0 Å². The summed E-state index contributed by atoms with van der Waals surface area (Å²) in [6.07, 6.45) is 1.62. The molecule has 0 saturated carbocycles. The second kappa shape index (κ2) is 7.36. The number of pyridine rings is 1. The van der Waals surface area contributed by atoms with Gasteiger partial charge in [0.2, 0.25) is 0 Å². The lowest BCUT2D eigenvalue weighted by Gasteiger charge is -2.09. The molecule has 0 aliphatic rings. The second-order valence-electron chi connectivity index (χ2n) is 5.82. The van der Waals surface area contributed by atoms with Crippen molar-refractivity contribution in [1.29, 1.82) is 0 Å². The summed E-state index contributed by atoms with van der Waals surface area (Å²) in [7, 11) is 0. The van der Waals surface area contributed by atoms with Gasteiger partial charge in [-0.25, -0.2) is 4.98 Å². The number of halogens is 1. The fraction of sp³-hybridized carbons (Fsp3) is 0.100. The lowest BCUT2D eigenvalue weighted by atomic mass is 10.1. The van der Waals surface area contributed by atoms with Crippen LogP contribution in [-0.2, 0) is 0 Å². The number of nitrogens with zero attached hydrogens (tertiary/aromatic N) is 1. The monoisotopic (exact) mass is 351 g/mol. The minimum absolute atomic E-state index is 0.152. The van der Waals surface area contributed by atoms with Crippen molar-refractivity contribution in [3.63, 3.8) is 0 Å². The Balaban J connectivity index is 1.67. The molecule has 0 unspecified atom stereocenters. The Hall–Kier alpha value is -2.85. The van der Waals surface area contributed by atoms with Crippen LogP contribution in [0.5, 0.6) is 0 Å². The van der Waals surface area contributed by atoms with E-state index in [0.717, 1.165) is 16.8 Å². The number of hydrogen-bond acceptors (Lipinski definition) is 3. The molecule has 1 heterocycles. The Kier molecular flexibility index (Phi) is 5.00. The van der Waals surface area contributed by atoms with E-state index in [9.17, 15) is 4.79 Å². The molecule has 0 bridgehead atoms. The van der Waals surface area contributed by atoms with Gasteiger partial charge in [-0.3, -0.25) is 4.79 Å². The molecule has 25 heavy (non-hydrogen) atoms. The average Bonchev–Trinajstić information content (AvgIpc) is 2.59. The van der Waals surface area contributed by atoms with Gasteiger partial charge in [-0.15, -0.1) is 0 Å². The Morgan fingerprint density at radius 2 is 1.80 bits per heavy atom. The third-order valence-electron chi connectivity index (χ3n) is 3.89. The summed E-state index contributed by atoms with van der Waals surface area (Å²) in [5, 5.41) is 6.67. The van der Waals surface area contributed by atoms with Crippen LogP contribution < -0.4 is 10.6 Å². The summed E-state index contributed by atoms with van der Waals surface area (Å²) >= 11 is 5.96. The third kappa shape index (κ3) is 4.37. The summed E-state index contributed by atoms with van der Waals surface area (Å²) in [4.78, 5) is 16.6. The van der Waals surface area contributed by atoms with Gasteiger partial charge in [0.15, 0.2) is 0 Å². The summed E-state index contributed by atoms with van der Waals surface area (Å²) in [5.41, 5.74) is 4.37. The Morgan fingerprint density at radius 3 is 2.48 bits per heavy atom. The first kappa shape index (κ1) is 17.0. The standard InChI is InChI=1S/C20H18ClN3O/c1-13-6-7-15(10-14(13)2)20(25)24-18-8-9-19(22-12-18)23-17-5-3-4-16(21)11-17/h3-12H,1-2H3,(H,22,23)(H,24,25). The van der Waals surface area contributed by atoms with E-state index in [-0.39, 0.29) is 5.91 Å². The molecule has 5 heteroatoms. The third-order valence-corrected chi connectivity index (χ3v) is 4.12. The highest BCUT2D eigenvalue weighted by Crippen LogP contribution is 2.20. The molecule has 0 aliphatic heterocycles. The van der Waals surface area contributed by atoms with E-state index in [4.69, 9.17) is 11.6 Å². The number of amides is 1. The molecule has 3 aromatic rings. The normalized spacial score (nSPS) is 10.4. The number of carbonyl (C=O) groups excluding carboxylic acids is 1. The summed E-state index contributed by atoms with van der Waals surface area (Å²) < 4.78 is 0. The Labute approximate surface area is 151 Å². The molecule has 1 amide bonds. The first-order chi connectivity index (χ1) is 12.0. The molecule has 0 spiro atoms. The van der Waals surface area contributed by atoms with E-state index in [1.54, 1.807) is 18.3 Å². The SMILES string of the molecule is Cc1ccc(C(=O)Nc2ccc(Nc3cccc(Cl)c3)nc2)cc1C. The number of aromatic nitrogens is 1. The van der Waals surface area contributed by atoms with Gasteiger partial charge in [0.1, 0.15) is 5.82 Å². The summed E-state index contributed by atoms with van der Waals surface area (Å²) in [6, 6.07) is 16.7. The van der Waals surface area contributed by atoms with Gasteiger partial charge in [-0.05, 0) is 67.4 Å². The molecule has 0 radical (unpaired) electrons. The predicted octanol–water partition coefficient (Wildman–Crippen LogP) is 5.35. The van der Waals surface area contributed by atoms with Crippen LogP contribution in [0.3, 0.4) is 0 Å². The maximum atomic E-state index is 12.3. The molecule has 126 valence electrons. The number of rotatable bonds is 4. The quantitative estimate of drug-likeness (QED) is 0.666. The van der Waals surface area contributed by atoms with Crippen LogP contribution >= 0.6 is 11.6 Å². The van der Waals surface area contributed by atoms with Crippen LogP contribution in [0.15, 0.2) is 60.8 Å². The number of anilines is 3. The van der Waals surface area contributed by atoms with E-state index >= 15 is 0 Å². The summed E-state index contributed by atoms with van der Waals surface area (Å²) in [5.74, 6) is 0.520. The highest BCUT2D eigenvalue weighted by molar-refractivity contribution is 6.30. The minimum Gasteiger partial charge on any atom is -0.340 e. The first-order valence-corrected chi connectivity index (χ1v) is 8.26. The average molecular weight is 352 g/mol. The van der Waals surface area contributed by atoms with Gasteiger partial charge >= 0.3 is 0 Å². The van der Waals surface area contributed by atoms with Crippen LogP contribution in [-0.4, -0.2) is 10.9 Å². The van der Waals surface area contributed by atoms with Crippen molar-refractivity contribution in [1.82, 2.24) is 4.98 Å². The molecule has 0 saturated heterocycles. The molecule has 0 aliphatic carbocycles. The van der Waals surface area contributed by atoms with Crippen molar-refractivity contribution < 1.29 is 4.79 Å². The van der Waals surface area contributed by atoms with Crippen molar-refractivity contribution in [2.24, 2.45) is 0 Å². The second-order valence-corrected chi connectivity index (χ2v) is 6.26. The number of hydrogen-bond donors (Lipinski definition) is 2. The zero-order valence-electron chi connectivity index (χ0n) is 14.0. The topological polar surface area (TPSA) is 54.0 Å². The molecular formula is C20H18ClN3O. The predicted molar refractivity (Wildman–Crippen MR) is 103 cm³/mol. The molecule has 0 atom stereocenters. The largest absolute Gasteiger partial charge is 0.340 e. The summed E-state index contributed by atoms with van der Waals surface area (Å²) in [6.45, 7) is 4.01. The smallest absolute Gasteiger partial charge is 0.255 e. The highest BCUT2D eigenvalue weighted by Gasteiger charge is 2.07. The van der Waals surface area contributed by atoms with E-state index in [1.165, 1.54) is 0 Å². The van der Waals surface area contributed by atoms with E-state index < -0.39 is 0 Å². The van der Waals surface area contributed by atoms with Gasteiger partial charge in [0.05, 0.1) is 11.9 Å². The fourth-order valence-electron chi connectivity index (χ4n) is 2.34. The van der Waals surface area contributed by atoms with Crippen LogP contribution in [0.25, 0.3) is 0 Å². The van der Waals surface area contributed by atoms with Crippen molar-refractivity contribution in [3.05, 3.63) is 82.5 Å². The van der Waals surface area contributed by atoms with E-state index in [1.807, 2.05) is 56.3 Å². The zero-order valence-corrected chi connectivity index (χ0v) is 14.8. The maximum absolute atomic E-state index is 12.3. The lowest BCUT2D eigenvalue weighted by Crippen LogP contribution is -2.12. The zero-order chi connectivity index (χ0) is 17.8. The molecular weight excluding hydrogens is 334 g/mol. The number of benzene rings is 2. The highest BCUT2D eigenvalue weighted by atomic mass is 35.5. The van der Waals surface area contributed by atoms with E-state index in [0.29, 0.717) is 22.1 Å². The van der Waals surface area contributed by atoms with Crippen LogP contribution in [0, 0.1) is 13.8 Å². The number of aryl methyl sites for hydroxylation is 2. The van der Waals surface area contributed by atoms with Gasteiger partial charge in [0.25, 0.3) is 5.91 Å². The first-order valence-electron chi connectivity index (χ1n) is 7.88. The molecule has 2 aromatic carbocycles. The van der Waals surface area contributed by atoms with Crippen LogP contribution in [0.2, 0.25) is 5.02 Å². The molecule has 1 aromatic heterocycles. The maximum Gasteiger partial charge on any atom is 0.255 e. The van der Waals surface area contributed by atoms with Crippen molar-refractivity contribution in [2.45, 2.75) is 13.8 Å². The number of nitrogens with one attached hydrogen (secondary N) is 2. The molecule has 3 rings (SSSR count). The van der Waals surface area contributed by atoms with Gasteiger partial charge in [-0.1, -0.05) is 23.7 Å². The lowest BCUT2D eigenvalue weighted by molar-refractivity contribution is 0.102. The van der Waals surface area contributed by atoms with Gasteiger partial charge < -0.3 is 10.6 Å². The molecule has 0 fully saturated rings. The minimum atomic E-state index is -0.152. The number of carbonyl (C=O) groups is 1. The molecule has 4 nitrogen and oxygen atoms in total. The Bertz CT molecular complexity index is 907. The van der Waals surface area contributed by atoms with Crippen molar-refractivity contribution in [2.75, 3.05) is 10.6 Å².